The predicted octanol–water partition coefficient (Wildman–Crippen LogP) is 1.47. The van der Waals surface area contributed by atoms with Crippen LogP contribution in [-0.4, -0.2) is 36.1 Å². The lowest BCUT2D eigenvalue weighted by Gasteiger charge is -2.14. The van der Waals surface area contributed by atoms with Gasteiger partial charge in [0.05, 0.1) is 0 Å². The monoisotopic (exact) mass is 292 g/mol. The Bertz CT molecular complexity index is 434. The second-order valence-corrected chi connectivity index (χ2v) is 4.99. The van der Waals surface area contributed by atoms with Crippen molar-refractivity contribution in [3.8, 4) is 0 Å². The fraction of sp³-hybridized carbons (Fsp3) is 0.500. The van der Waals surface area contributed by atoms with Crippen LogP contribution in [0.3, 0.4) is 0 Å². The summed E-state index contributed by atoms with van der Waals surface area (Å²) >= 11 is 0. The first-order chi connectivity index (χ1) is 10.1. The number of aliphatic hydroxyl groups excluding tert-OH is 1. The Labute approximate surface area is 125 Å². The van der Waals surface area contributed by atoms with Crippen molar-refractivity contribution >= 4 is 11.8 Å². The van der Waals surface area contributed by atoms with Crippen molar-refractivity contribution in [2.45, 2.75) is 38.6 Å². The van der Waals surface area contributed by atoms with Gasteiger partial charge in [0.25, 0.3) is 5.91 Å². The van der Waals surface area contributed by atoms with E-state index in [1.807, 2.05) is 6.07 Å². The van der Waals surface area contributed by atoms with Crippen molar-refractivity contribution in [2.75, 3.05) is 13.2 Å². The summed E-state index contributed by atoms with van der Waals surface area (Å²) in [6.07, 6.45) is 3.63. The van der Waals surface area contributed by atoms with Crippen LogP contribution in [0, 0.1) is 0 Å². The number of unbranched alkanes of at least 4 members (excludes halogenated alkanes) is 3. The van der Waals surface area contributed by atoms with Crippen LogP contribution in [0.4, 0.5) is 0 Å². The molecule has 0 aliphatic carbocycles. The average molecular weight is 292 g/mol. The van der Waals surface area contributed by atoms with Gasteiger partial charge in [-0.1, -0.05) is 31.0 Å². The number of aliphatic hydroxyl groups is 1. The van der Waals surface area contributed by atoms with Gasteiger partial charge in [0.1, 0.15) is 6.04 Å². The van der Waals surface area contributed by atoms with E-state index >= 15 is 0 Å². The van der Waals surface area contributed by atoms with E-state index in [1.54, 1.807) is 31.2 Å². The molecule has 0 bridgehead atoms. The van der Waals surface area contributed by atoms with Crippen LogP contribution >= 0.6 is 0 Å². The zero-order valence-corrected chi connectivity index (χ0v) is 12.5. The van der Waals surface area contributed by atoms with Crippen LogP contribution in [0.1, 0.15) is 43.0 Å². The van der Waals surface area contributed by atoms with Gasteiger partial charge >= 0.3 is 0 Å². The van der Waals surface area contributed by atoms with Gasteiger partial charge in [0.15, 0.2) is 0 Å². The summed E-state index contributed by atoms with van der Waals surface area (Å²) in [5.74, 6) is -0.428. The van der Waals surface area contributed by atoms with E-state index in [1.165, 1.54) is 0 Å². The predicted molar refractivity (Wildman–Crippen MR) is 81.9 cm³/mol. The van der Waals surface area contributed by atoms with Gasteiger partial charge in [-0.25, -0.2) is 0 Å². The first-order valence-electron chi connectivity index (χ1n) is 7.39. The third-order valence-corrected chi connectivity index (χ3v) is 3.16. The fourth-order valence-corrected chi connectivity index (χ4v) is 1.89. The topological polar surface area (TPSA) is 78.4 Å². The zero-order chi connectivity index (χ0) is 15.5. The molecule has 0 aliphatic heterocycles. The smallest absolute Gasteiger partial charge is 0.251 e. The first kappa shape index (κ1) is 17.2. The van der Waals surface area contributed by atoms with E-state index in [9.17, 15) is 9.59 Å². The van der Waals surface area contributed by atoms with Crippen LogP contribution in [0.5, 0.6) is 0 Å². The minimum Gasteiger partial charge on any atom is -0.396 e. The minimum absolute atomic E-state index is 0.179. The molecule has 3 N–H and O–H groups in total. The second kappa shape index (κ2) is 9.94. The zero-order valence-electron chi connectivity index (χ0n) is 12.5. The van der Waals surface area contributed by atoms with Crippen LogP contribution in [-0.2, 0) is 4.79 Å². The summed E-state index contributed by atoms with van der Waals surface area (Å²) in [5, 5.41) is 14.1. The number of hydrogen-bond acceptors (Lipinski definition) is 3. The van der Waals surface area contributed by atoms with Crippen LogP contribution in [0.2, 0.25) is 0 Å². The van der Waals surface area contributed by atoms with Gasteiger partial charge in [-0.3, -0.25) is 9.59 Å². The van der Waals surface area contributed by atoms with Gasteiger partial charge in [0, 0.05) is 18.7 Å². The lowest BCUT2D eigenvalue weighted by molar-refractivity contribution is -0.122. The first-order valence-corrected chi connectivity index (χ1v) is 7.39. The number of amides is 2. The molecule has 1 aromatic carbocycles. The molecule has 21 heavy (non-hydrogen) atoms. The average Bonchev–Trinajstić information content (AvgIpc) is 2.51. The summed E-state index contributed by atoms with van der Waals surface area (Å²) in [4.78, 5) is 23.7. The lowest BCUT2D eigenvalue weighted by atomic mass is 10.2. The highest BCUT2D eigenvalue weighted by atomic mass is 16.3. The van der Waals surface area contributed by atoms with Gasteiger partial charge in [-0.2, -0.15) is 0 Å². The molecule has 1 unspecified atom stereocenters. The molecule has 0 aromatic heterocycles. The van der Waals surface area contributed by atoms with Crippen molar-refractivity contribution in [1.29, 1.82) is 0 Å². The van der Waals surface area contributed by atoms with Gasteiger partial charge in [0.2, 0.25) is 5.91 Å². The van der Waals surface area contributed by atoms with Crippen LogP contribution in [0.25, 0.3) is 0 Å². The Morgan fingerprint density at radius 1 is 1.10 bits per heavy atom. The Morgan fingerprint density at radius 3 is 2.43 bits per heavy atom. The van der Waals surface area contributed by atoms with Gasteiger partial charge in [-0.05, 0) is 31.9 Å². The molecule has 1 atom stereocenters. The number of carbonyl (C=O) groups excluding carboxylic acids is 2. The number of hydrogen-bond donors (Lipinski definition) is 3. The Morgan fingerprint density at radius 2 is 1.76 bits per heavy atom. The highest BCUT2D eigenvalue weighted by Gasteiger charge is 2.15. The molecule has 2 amide bonds. The molecule has 0 saturated carbocycles. The molecule has 5 nitrogen and oxygen atoms in total. The fourth-order valence-electron chi connectivity index (χ4n) is 1.89. The lowest BCUT2D eigenvalue weighted by Crippen LogP contribution is -2.45. The van der Waals surface area contributed by atoms with Crippen LogP contribution < -0.4 is 10.6 Å². The molecule has 0 radical (unpaired) electrons. The number of nitrogens with one attached hydrogen (secondary N) is 2. The van der Waals surface area contributed by atoms with Crippen molar-refractivity contribution in [2.24, 2.45) is 0 Å². The molecular weight excluding hydrogens is 268 g/mol. The van der Waals surface area contributed by atoms with E-state index in [2.05, 4.69) is 10.6 Å². The van der Waals surface area contributed by atoms with Crippen molar-refractivity contribution in [1.82, 2.24) is 10.6 Å². The summed E-state index contributed by atoms with van der Waals surface area (Å²) in [7, 11) is 0. The number of benzene rings is 1. The second-order valence-electron chi connectivity index (χ2n) is 4.99. The Balaban J connectivity index is 2.23. The van der Waals surface area contributed by atoms with E-state index in [0.717, 1.165) is 25.7 Å². The quantitative estimate of drug-likeness (QED) is 0.603. The third kappa shape index (κ3) is 6.90. The van der Waals surface area contributed by atoms with Crippen LogP contribution in [0.15, 0.2) is 30.3 Å². The van der Waals surface area contributed by atoms with E-state index in [-0.39, 0.29) is 18.4 Å². The number of carbonyl (C=O) groups is 2. The maximum absolute atomic E-state index is 11.9. The van der Waals surface area contributed by atoms with Crippen molar-refractivity contribution in [3.63, 3.8) is 0 Å². The summed E-state index contributed by atoms with van der Waals surface area (Å²) in [6, 6.07) is 8.26. The SMILES string of the molecule is CC(NC(=O)c1ccccc1)C(=O)NCCCCCCO. The number of rotatable bonds is 9. The highest BCUT2D eigenvalue weighted by Crippen LogP contribution is 2.00. The van der Waals surface area contributed by atoms with Gasteiger partial charge in [-0.15, -0.1) is 0 Å². The van der Waals surface area contributed by atoms with Gasteiger partial charge < -0.3 is 15.7 Å². The molecule has 0 fully saturated rings. The van der Waals surface area contributed by atoms with E-state index in [0.29, 0.717) is 12.1 Å². The summed E-state index contributed by atoms with van der Waals surface area (Å²) < 4.78 is 0. The molecule has 116 valence electrons. The molecule has 1 rings (SSSR count). The molecule has 0 spiro atoms. The Hall–Kier alpha value is -1.88. The Kier molecular flexibility index (Phi) is 8.12. The molecule has 5 heteroatoms. The molecule has 0 heterocycles. The summed E-state index contributed by atoms with van der Waals surface area (Å²) in [5.41, 5.74) is 0.543. The maximum atomic E-state index is 11.9. The van der Waals surface area contributed by atoms with Crippen molar-refractivity contribution < 1.29 is 14.7 Å². The normalized spacial score (nSPS) is 11.7. The molecule has 1 aromatic rings. The standard InChI is InChI=1S/C16H24N2O3/c1-13(15(20)17-11-7-2-3-8-12-19)18-16(21)14-9-5-4-6-10-14/h4-6,9-10,13,19H,2-3,7-8,11-12H2,1H3,(H,17,20)(H,18,21). The largest absolute Gasteiger partial charge is 0.396 e. The summed E-state index contributed by atoms with van der Waals surface area (Å²) in [6.45, 7) is 2.48. The van der Waals surface area contributed by atoms with Crippen molar-refractivity contribution in [3.05, 3.63) is 35.9 Å². The maximum Gasteiger partial charge on any atom is 0.251 e. The third-order valence-electron chi connectivity index (χ3n) is 3.16. The minimum atomic E-state index is -0.560. The van der Waals surface area contributed by atoms with E-state index in [4.69, 9.17) is 5.11 Å². The molecule has 0 saturated heterocycles. The van der Waals surface area contributed by atoms with E-state index < -0.39 is 6.04 Å². The highest BCUT2D eigenvalue weighted by molar-refractivity contribution is 5.97. The molecule has 0 aliphatic rings. The molecular formula is C16H24N2O3.